The van der Waals surface area contributed by atoms with Crippen molar-refractivity contribution in [1.82, 2.24) is 4.72 Å². The molecule has 0 fully saturated rings. The molecule has 0 atom stereocenters. The van der Waals surface area contributed by atoms with E-state index in [1.54, 1.807) is 0 Å². The Morgan fingerprint density at radius 1 is 1.09 bits per heavy atom. The smallest absolute Gasteiger partial charge is 0.416 e. The molecule has 0 heterocycles. The highest BCUT2D eigenvalue weighted by Crippen LogP contribution is 2.31. The molecular formula is C19H18F5NO6S. The zero-order chi connectivity index (χ0) is 23.9. The highest BCUT2D eigenvalue weighted by molar-refractivity contribution is 7.89. The molecule has 0 unspecified atom stereocenters. The minimum Gasteiger partial charge on any atom is -0.493 e. The predicted octanol–water partition coefficient (Wildman–Crippen LogP) is 3.73. The molecule has 0 aromatic heterocycles. The first-order valence-electron chi connectivity index (χ1n) is 8.86. The van der Waals surface area contributed by atoms with Crippen molar-refractivity contribution in [3.05, 3.63) is 53.6 Å². The SMILES string of the molecule is COc1cc(COC(=O)CCNS(=O)(=O)c2cccc(C(F)(F)F)c2)ccc1OC(F)F. The number of rotatable bonds is 10. The van der Waals surface area contributed by atoms with Gasteiger partial charge in [-0.05, 0) is 35.9 Å². The Kier molecular flexibility index (Phi) is 8.38. The Morgan fingerprint density at radius 3 is 2.44 bits per heavy atom. The van der Waals surface area contributed by atoms with Crippen LogP contribution in [0, 0.1) is 0 Å². The van der Waals surface area contributed by atoms with Crippen molar-refractivity contribution in [3.63, 3.8) is 0 Å². The van der Waals surface area contributed by atoms with Crippen LogP contribution in [-0.4, -0.2) is 34.7 Å². The molecule has 1 N–H and O–H groups in total. The topological polar surface area (TPSA) is 90.9 Å². The maximum atomic E-state index is 12.7. The molecule has 176 valence electrons. The minimum atomic E-state index is -4.71. The van der Waals surface area contributed by atoms with E-state index in [1.807, 2.05) is 4.72 Å². The van der Waals surface area contributed by atoms with Crippen molar-refractivity contribution in [2.45, 2.75) is 30.7 Å². The highest BCUT2D eigenvalue weighted by Gasteiger charge is 2.31. The van der Waals surface area contributed by atoms with Gasteiger partial charge in [-0.1, -0.05) is 12.1 Å². The van der Waals surface area contributed by atoms with E-state index in [0.29, 0.717) is 11.6 Å². The third-order valence-corrected chi connectivity index (χ3v) is 5.40. The molecule has 0 saturated heterocycles. The van der Waals surface area contributed by atoms with Gasteiger partial charge in [0, 0.05) is 6.54 Å². The maximum absolute atomic E-state index is 12.7. The molecule has 0 aliphatic rings. The standard InChI is InChI=1S/C19H18F5NO6S/c1-29-16-9-12(5-6-15(16)31-18(20)21)11-30-17(26)7-8-25-32(27,28)14-4-2-3-13(10-14)19(22,23)24/h2-6,9-10,18,25H,7-8,11H2,1H3. The largest absolute Gasteiger partial charge is 0.493 e. The Balaban J connectivity index is 1.88. The van der Waals surface area contributed by atoms with Crippen molar-refractivity contribution in [3.8, 4) is 11.5 Å². The molecule has 7 nitrogen and oxygen atoms in total. The molecule has 2 rings (SSSR count). The number of carbonyl (C=O) groups excluding carboxylic acids is 1. The van der Waals surface area contributed by atoms with Crippen LogP contribution in [0.1, 0.15) is 17.5 Å². The van der Waals surface area contributed by atoms with Crippen LogP contribution in [0.15, 0.2) is 47.4 Å². The van der Waals surface area contributed by atoms with Crippen molar-refractivity contribution < 1.29 is 49.4 Å². The van der Waals surface area contributed by atoms with E-state index in [1.165, 1.54) is 25.3 Å². The highest BCUT2D eigenvalue weighted by atomic mass is 32.2. The summed E-state index contributed by atoms with van der Waals surface area (Å²) in [5, 5.41) is 0. The second kappa shape index (κ2) is 10.6. The number of halogens is 5. The van der Waals surface area contributed by atoms with Crippen molar-refractivity contribution in [2.24, 2.45) is 0 Å². The lowest BCUT2D eigenvalue weighted by Crippen LogP contribution is -2.27. The number of nitrogens with one attached hydrogen (secondary N) is 1. The monoisotopic (exact) mass is 483 g/mol. The molecule has 2 aromatic rings. The number of hydrogen-bond donors (Lipinski definition) is 1. The lowest BCUT2D eigenvalue weighted by atomic mass is 10.2. The maximum Gasteiger partial charge on any atom is 0.416 e. The van der Waals surface area contributed by atoms with Gasteiger partial charge in [-0.2, -0.15) is 22.0 Å². The number of esters is 1. The van der Waals surface area contributed by atoms with Gasteiger partial charge in [0.25, 0.3) is 0 Å². The van der Waals surface area contributed by atoms with E-state index in [9.17, 15) is 35.2 Å². The van der Waals surface area contributed by atoms with E-state index in [0.717, 1.165) is 18.2 Å². The second-order valence-electron chi connectivity index (χ2n) is 6.20. The molecule has 0 aliphatic carbocycles. The number of carbonyl (C=O) groups is 1. The average molecular weight is 483 g/mol. The number of ether oxygens (including phenoxy) is 3. The van der Waals surface area contributed by atoms with Gasteiger partial charge in [0.1, 0.15) is 6.61 Å². The Hall–Kier alpha value is -2.93. The third-order valence-electron chi connectivity index (χ3n) is 3.94. The second-order valence-corrected chi connectivity index (χ2v) is 7.96. The Morgan fingerprint density at radius 2 is 1.81 bits per heavy atom. The molecule has 13 heteroatoms. The minimum absolute atomic E-state index is 0.00676. The molecule has 0 radical (unpaired) electrons. The molecule has 0 bridgehead atoms. The first-order valence-corrected chi connectivity index (χ1v) is 10.3. The summed E-state index contributed by atoms with van der Waals surface area (Å²) in [7, 11) is -3.04. The summed E-state index contributed by atoms with van der Waals surface area (Å²) in [6.45, 7) is -3.72. The summed E-state index contributed by atoms with van der Waals surface area (Å²) in [5.74, 6) is -1.02. The van der Waals surface area contributed by atoms with E-state index < -0.39 is 52.2 Å². The number of sulfonamides is 1. The van der Waals surface area contributed by atoms with Crippen LogP contribution < -0.4 is 14.2 Å². The predicted molar refractivity (Wildman–Crippen MR) is 101 cm³/mol. The average Bonchev–Trinajstić information content (AvgIpc) is 2.72. The number of alkyl halides is 5. The van der Waals surface area contributed by atoms with E-state index in [2.05, 4.69) is 4.74 Å². The zero-order valence-electron chi connectivity index (χ0n) is 16.5. The van der Waals surface area contributed by atoms with E-state index >= 15 is 0 Å². The fourth-order valence-electron chi connectivity index (χ4n) is 2.44. The summed E-state index contributed by atoms with van der Waals surface area (Å²) < 4.78 is 103. The van der Waals surface area contributed by atoms with Crippen LogP contribution in [0.4, 0.5) is 22.0 Å². The lowest BCUT2D eigenvalue weighted by Gasteiger charge is -2.12. The molecule has 0 spiro atoms. The van der Waals surface area contributed by atoms with Gasteiger partial charge >= 0.3 is 18.8 Å². The molecule has 32 heavy (non-hydrogen) atoms. The normalized spacial score (nSPS) is 12.0. The Bertz CT molecular complexity index is 1040. The summed E-state index contributed by atoms with van der Waals surface area (Å²) in [6.07, 6.45) is -5.11. The summed E-state index contributed by atoms with van der Waals surface area (Å²) in [4.78, 5) is 11.2. The number of hydrogen-bond acceptors (Lipinski definition) is 6. The lowest BCUT2D eigenvalue weighted by molar-refractivity contribution is -0.144. The van der Waals surface area contributed by atoms with Gasteiger partial charge in [-0.25, -0.2) is 13.1 Å². The summed E-state index contributed by atoms with van der Waals surface area (Å²) >= 11 is 0. The molecular weight excluding hydrogens is 465 g/mol. The quantitative estimate of drug-likeness (QED) is 0.409. The van der Waals surface area contributed by atoms with Gasteiger partial charge in [0.05, 0.1) is 24.0 Å². The first-order chi connectivity index (χ1) is 14.9. The van der Waals surface area contributed by atoms with E-state index in [4.69, 9.17) is 9.47 Å². The van der Waals surface area contributed by atoms with Gasteiger partial charge < -0.3 is 14.2 Å². The fraction of sp³-hybridized carbons (Fsp3) is 0.316. The van der Waals surface area contributed by atoms with Gasteiger partial charge in [-0.3, -0.25) is 4.79 Å². The molecule has 2 aromatic carbocycles. The molecule has 0 amide bonds. The van der Waals surface area contributed by atoms with Crippen molar-refractivity contribution in [1.29, 1.82) is 0 Å². The zero-order valence-corrected chi connectivity index (χ0v) is 17.3. The van der Waals surface area contributed by atoms with Gasteiger partial charge in [-0.15, -0.1) is 0 Å². The fourth-order valence-corrected chi connectivity index (χ4v) is 3.52. The van der Waals surface area contributed by atoms with Crippen LogP contribution in [0.5, 0.6) is 11.5 Å². The molecule has 0 saturated carbocycles. The van der Waals surface area contributed by atoms with Crippen LogP contribution in [0.3, 0.4) is 0 Å². The van der Waals surface area contributed by atoms with Crippen LogP contribution in [0.25, 0.3) is 0 Å². The van der Waals surface area contributed by atoms with E-state index in [-0.39, 0.29) is 18.1 Å². The summed E-state index contributed by atoms with van der Waals surface area (Å²) in [5.41, 5.74) is -0.735. The van der Waals surface area contributed by atoms with Gasteiger partial charge in [0.15, 0.2) is 11.5 Å². The van der Waals surface area contributed by atoms with Gasteiger partial charge in [0.2, 0.25) is 10.0 Å². The number of methoxy groups -OCH3 is 1. The van der Waals surface area contributed by atoms with Crippen LogP contribution in [0.2, 0.25) is 0 Å². The van der Waals surface area contributed by atoms with Crippen molar-refractivity contribution in [2.75, 3.05) is 13.7 Å². The van der Waals surface area contributed by atoms with Crippen LogP contribution in [-0.2, 0) is 32.3 Å². The molecule has 0 aliphatic heterocycles. The third kappa shape index (κ3) is 7.34. The number of benzene rings is 2. The summed E-state index contributed by atoms with van der Waals surface area (Å²) in [6, 6.07) is 7.05. The Labute approximate surface area is 180 Å². The van der Waals surface area contributed by atoms with Crippen LogP contribution >= 0.6 is 0 Å². The van der Waals surface area contributed by atoms with Crippen molar-refractivity contribution >= 4 is 16.0 Å². The first kappa shape index (κ1) is 25.3.